The SMILES string of the molecule is Nn1c(SCc2noc(-c3ccc(Cl)cc3)n2)nnc1-c1cccs1. The van der Waals surface area contributed by atoms with Crippen LogP contribution in [0.15, 0.2) is 51.5 Å². The van der Waals surface area contributed by atoms with E-state index in [-0.39, 0.29) is 0 Å². The number of hydrogen-bond acceptors (Lipinski definition) is 8. The molecular formula is C15H11ClN6OS2. The molecule has 2 N–H and O–H groups in total. The molecule has 4 aromatic rings. The van der Waals surface area contributed by atoms with Crippen LogP contribution in [0.4, 0.5) is 0 Å². The van der Waals surface area contributed by atoms with Crippen LogP contribution in [0.25, 0.3) is 22.2 Å². The van der Waals surface area contributed by atoms with E-state index in [0.29, 0.717) is 33.5 Å². The van der Waals surface area contributed by atoms with Crippen LogP contribution in [-0.4, -0.2) is 25.0 Å². The zero-order valence-electron chi connectivity index (χ0n) is 12.7. The van der Waals surface area contributed by atoms with E-state index < -0.39 is 0 Å². The minimum absolute atomic E-state index is 0.445. The summed E-state index contributed by atoms with van der Waals surface area (Å²) in [7, 11) is 0. The lowest BCUT2D eigenvalue weighted by molar-refractivity contribution is 0.425. The average Bonchev–Trinajstić information content (AvgIpc) is 3.34. The first-order chi connectivity index (χ1) is 12.2. The Bertz CT molecular complexity index is 980. The Kier molecular flexibility index (Phi) is 4.43. The van der Waals surface area contributed by atoms with Crippen LogP contribution in [0.2, 0.25) is 5.02 Å². The maximum absolute atomic E-state index is 6.07. The molecular weight excluding hydrogens is 380 g/mol. The van der Waals surface area contributed by atoms with Crippen molar-refractivity contribution in [3.05, 3.63) is 52.6 Å². The molecule has 1 aromatic carbocycles. The number of thiophene rings is 1. The Balaban J connectivity index is 1.46. The number of nitrogens with zero attached hydrogens (tertiary/aromatic N) is 5. The lowest BCUT2D eigenvalue weighted by atomic mass is 10.2. The van der Waals surface area contributed by atoms with Crippen LogP contribution in [-0.2, 0) is 5.75 Å². The average molecular weight is 391 g/mol. The third-order valence-electron chi connectivity index (χ3n) is 3.30. The Hall–Kier alpha value is -2.36. The molecule has 0 unspecified atom stereocenters. The standard InChI is InChI=1S/C15H11ClN6OS2/c16-10-5-3-9(4-6-10)14-18-12(21-23-14)8-25-15-20-19-13(22(15)17)11-2-1-7-24-11/h1-7H,8,17H2. The fourth-order valence-corrected chi connectivity index (χ4v) is 3.63. The highest BCUT2D eigenvalue weighted by Gasteiger charge is 2.15. The summed E-state index contributed by atoms with van der Waals surface area (Å²) in [6.45, 7) is 0. The van der Waals surface area contributed by atoms with Gasteiger partial charge in [0.2, 0.25) is 5.16 Å². The minimum atomic E-state index is 0.445. The molecule has 4 rings (SSSR count). The van der Waals surface area contributed by atoms with Gasteiger partial charge in [-0.05, 0) is 35.7 Å². The molecule has 0 atom stereocenters. The summed E-state index contributed by atoms with van der Waals surface area (Å²) in [5, 5.41) is 15.4. The molecule has 0 spiro atoms. The zero-order chi connectivity index (χ0) is 17.2. The molecule has 126 valence electrons. The van der Waals surface area contributed by atoms with Gasteiger partial charge in [-0.2, -0.15) is 4.98 Å². The van der Waals surface area contributed by atoms with E-state index in [9.17, 15) is 0 Å². The fraction of sp³-hybridized carbons (Fsp3) is 0.0667. The molecule has 0 saturated heterocycles. The van der Waals surface area contributed by atoms with Gasteiger partial charge in [-0.15, -0.1) is 21.5 Å². The molecule has 0 amide bonds. The summed E-state index contributed by atoms with van der Waals surface area (Å²) in [5.41, 5.74) is 0.815. The van der Waals surface area contributed by atoms with Crippen molar-refractivity contribution in [1.29, 1.82) is 0 Å². The molecule has 25 heavy (non-hydrogen) atoms. The zero-order valence-corrected chi connectivity index (χ0v) is 15.1. The van der Waals surface area contributed by atoms with Crippen molar-refractivity contribution in [2.75, 3.05) is 5.84 Å². The summed E-state index contributed by atoms with van der Waals surface area (Å²) < 4.78 is 6.75. The van der Waals surface area contributed by atoms with Crippen LogP contribution in [0.5, 0.6) is 0 Å². The van der Waals surface area contributed by atoms with E-state index in [1.807, 2.05) is 29.6 Å². The van der Waals surface area contributed by atoms with Crippen molar-refractivity contribution in [2.24, 2.45) is 0 Å². The second-order valence-corrected chi connectivity index (χ2v) is 7.29. The molecule has 0 radical (unpaired) electrons. The van der Waals surface area contributed by atoms with Gasteiger partial charge in [0.25, 0.3) is 5.89 Å². The molecule has 3 aromatic heterocycles. The largest absolute Gasteiger partial charge is 0.335 e. The van der Waals surface area contributed by atoms with Gasteiger partial charge in [0.1, 0.15) is 0 Å². The Morgan fingerprint density at radius 3 is 2.80 bits per heavy atom. The summed E-state index contributed by atoms with van der Waals surface area (Å²) in [5.74, 6) is 8.17. The lowest BCUT2D eigenvalue weighted by Gasteiger charge is -2.00. The first-order valence-electron chi connectivity index (χ1n) is 7.16. The van der Waals surface area contributed by atoms with Crippen LogP contribution in [0.3, 0.4) is 0 Å². The number of rotatable bonds is 5. The molecule has 3 heterocycles. The number of hydrogen-bond donors (Lipinski definition) is 1. The monoisotopic (exact) mass is 390 g/mol. The van der Waals surface area contributed by atoms with E-state index in [2.05, 4.69) is 20.3 Å². The lowest BCUT2D eigenvalue weighted by Crippen LogP contribution is -2.11. The molecule has 0 aliphatic heterocycles. The number of thioether (sulfide) groups is 1. The number of aromatic nitrogens is 5. The smallest absolute Gasteiger partial charge is 0.257 e. The molecule has 10 heteroatoms. The molecule has 0 fully saturated rings. The third kappa shape index (κ3) is 3.39. The topological polar surface area (TPSA) is 95.7 Å². The predicted molar refractivity (Wildman–Crippen MR) is 97.8 cm³/mol. The number of nitrogens with two attached hydrogens (primary N) is 1. The highest BCUT2D eigenvalue weighted by molar-refractivity contribution is 7.98. The van der Waals surface area contributed by atoms with Gasteiger partial charge in [-0.1, -0.05) is 34.6 Å². The quantitative estimate of drug-likeness (QED) is 0.409. The Morgan fingerprint density at radius 2 is 2.04 bits per heavy atom. The first kappa shape index (κ1) is 16.1. The van der Waals surface area contributed by atoms with E-state index in [1.54, 1.807) is 23.5 Å². The maximum Gasteiger partial charge on any atom is 0.257 e. The van der Waals surface area contributed by atoms with E-state index in [1.165, 1.54) is 16.4 Å². The molecule has 0 saturated carbocycles. The summed E-state index contributed by atoms with van der Waals surface area (Å²) in [4.78, 5) is 5.34. The van der Waals surface area contributed by atoms with Crippen molar-refractivity contribution in [1.82, 2.24) is 25.0 Å². The number of nitrogen functional groups attached to an aromatic ring is 1. The predicted octanol–water partition coefficient (Wildman–Crippen LogP) is 3.72. The molecule has 7 nitrogen and oxygen atoms in total. The normalized spacial score (nSPS) is 11.1. The molecule has 0 aliphatic rings. The second-order valence-electron chi connectivity index (χ2n) is 4.96. The summed E-state index contributed by atoms with van der Waals surface area (Å²) in [6.07, 6.45) is 0. The fourth-order valence-electron chi connectivity index (χ4n) is 2.10. The van der Waals surface area contributed by atoms with E-state index in [4.69, 9.17) is 22.0 Å². The molecule has 0 bridgehead atoms. The van der Waals surface area contributed by atoms with Crippen molar-refractivity contribution in [3.63, 3.8) is 0 Å². The number of benzene rings is 1. The van der Waals surface area contributed by atoms with Crippen molar-refractivity contribution in [3.8, 4) is 22.2 Å². The highest BCUT2D eigenvalue weighted by Crippen LogP contribution is 2.27. The maximum atomic E-state index is 6.07. The molecule has 0 aliphatic carbocycles. The van der Waals surface area contributed by atoms with Crippen molar-refractivity contribution in [2.45, 2.75) is 10.9 Å². The van der Waals surface area contributed by atoms with Gasteiger partial charge in [0.05, 0.1) is 10.6 Å². The van der Waals surface area contributed by atoms with Crippen molar-refractivity contribution >= 4 is 34.7 Å². The van der Waals surface area contributed by atoms with Gasteiger partial charge >= 0.3 is 0 Å². The second kappa shape index (κ2) is 6.87. The summed E-state index contributed by atoms with van der Waals surface area (Å²) >= 11 is 8.83. The van der Waals surface area contributed by atoms with Crippen molar-refractivity contribution < 1.29 is 4.52 Å². The van der Waals surface area contributed by atoms with E-state index >= 15 is 0 Å². The minimum Gasteiger partial charge on any atom is -0.335 e. The summed E-state index contributed by atoms with van der Waals surface area (Å²) in [6, 6.07) is 11.1. The third-order valence-corrected chi connectivity index (χ3v) is 5.35. The van der Waals surface area contributed by atoms with Gasteiger partial charge in [0.15, 0.2) is 11.6 Å². The van der Waals surface area contributed by atoms with Gasteiger partial charge in [0, 0.05) is 10.6 Å². The van der Waals surface area contributed by atoms with Gasteiger partial charge < -0.3 is 10.4 Å². The van der Waals surface area contributed by atoms with Gasteiger partial charge in [-0.3, -0.25) is 0 Å². The highest BCUT2D eigenvalue weighted by atomic mass is 35.5. The van der Waals surface area contributed by atoms with Gasteiger partial charge in [-0.25, -0.2) is 4.68 Å². The Morgan fingerprint density at radius 1 is 1.20 bits per heavy atom. The van der Waals surface area contributed by atoms with Crippen LogP contribution < -0.4 is 5.84 Å². The number of halogens is 1. The Labute approximate surface area is 155 Å². The first-order valence-corrected chi connectivity index (χ1v) is 9.41. The van der Waals surface area contributed by atoms with Crippen LogP contribution in [0.1, 0.15) is 5.82 Å². The van der Waals surface area contributed by atoms with Crippen LogP contribution in [0, 0.1) is 0 Å². The van der Waals surface area contributed by atoms with E-state index in [0.717, 1.165) is 10.4 Å². The van der Waals surface area contributed by atoms with Crippen LogP contribution >= 0.6 is 34.7 Å².